The first-order valence-electron chi connectivity index (χ1n) is 8.72. The number of methoxy groups -OCH3 is 1. The highest BCUT2D eigenvalue weighted by atomic mass is 32.2. The lowest BCUT2D eigenvalue weighted by Gasteiger charge is -2.28. The number of benzene rings is 2. The summed E-state index contributed by atoms with van der Waals surface area (Å²) < 4.78 is 32.5. The molecule has 2 rings (SSSR count). The molecule has 0 heterocycles. The van der Waals surface area contributed by atoms with E-state index >= 15 is 0 Å². The molecule has 2 aromatic rings. The Hall–Kier alpha value is -2.38. The van der Waals surface area contributed by atoms with E-state index in [0.29, 0.717) is 5.75 Å². The third-order valence-corrected chi connectivity index (χ3v) is 6.07. The summed E-state index contributed by atoms with van der Waals surface area (Å²) in [4.78, 5) is 12.6. The standard InChI is InChI=1S/C20H26N2O4S/c1-15(2)21-20(23)14-19(16-10-12-17(26-4)13-11-16)22(3)27(24,25)18-8-6-5-7-9-18/h5-13,15,19H,14H2,1-4H3,(H,21,23)/t19-/m0/s1. The summed E-state index contributed by atoms with van der Waals surface area (Å²) in [7, 11) is -0.690. The number of carbonyl (C=O) groups excluding carboxylic acids is 1. The molecule has 27 heavy (non-hydrogen) atoms. The zero-order chi connectivity index (χ0) is 20.0. The van der Waals surface area contributed by atoms with Crippen LogP contribution < -0.4 is 10.1 Å². The van der Waals surface area contributed by atoms with Crippen molar-refractivity contribution in [1.82, 2.24) is 9.62 Å². The van der Waals surface area contributed by atoms with Crippen LogP contribution in [-0.4, -0.2) is 38.8 Å². The number of rotatable bonds is 8. The molecule has 0 radical (unpaired) electrons. The van der Waals surface area contributed by atoms with Crippen molar-refractivity contribution in [2.24, 2.45) is 0 Å². The van der Waals surface area contributed by atoms with Gasteiger partial charge >= 0.3 is 0 Å². The second kappa shape index (κ2) is 9.01. The molecule has 0 spiro atoms. The maximum absolute atomic E-state index is 13.0. The summed E-state index contributed by atoms with van der Waals surface area (Å²) in [5, 5.41) is 2.83. The first kappa shape index (κ1) is 20.9. The number of amides is 1. The van der Waals surface area contributed by atoms with Crippen LogP contribution in [0.1, 0.15) is 31.9 Å². The minimum atomic E-state index is -3.75. The maximum Gasteiger partial charge on any atom is 0.243 e. The summed E-state index contributed by atoms with van der Waals surface area (Å²) in [6, 6.07) is 14.6. The van der Waals surface area contributed by atoms with Crippen LogP contribution in [0.3, 0.4) is 0 Å². The van der Waals surface area contributed by atoms with E-state index in [1.54, 1.807) is 61.7 Å². The topological polar surface area (TPSA) is 75.7 Å². The molecule has 0 aromatic heterocycles. The number of hydrogen-bond donors (Lipinski definition) is 1. The summed E-state index contributed by atoms with van der Waals surface area (Å²) in [6.07, 6.45) is 0.0209. The molecule has 0 unspecified atom stereocenters. The molecule has 1 atom stereocenters. The Bertz CT molecular complexity index is 849. The van der Waals surface area contributed by atoms with Crippen molar-refractivity contribution in [1.29, 1.82) is 0 Å². The average molecular weight is 391 g/mol. The van der Waals surface area contributed by atoms with Crippen molar-refractivity contribution in [3.05, 3.63) is 60.2 Å². The van der Waals surface area contributed by atoms with Gasteiger partial charge in [0.1, 0.15) is 5.75 Å². The van der Waals surface area contributed by atoms with E-state index in [1.165, 1.54) is 11.4 Å². The summed E-state index contributed by atoms with van der Waals surface area (Å²) in [6.45, 7) is 3.73. The van der Waals surface area contributed by atoms with Crippen molar-refractivity contribution in [2.45, 2.75) is 37.2 Å². The molecule has 0 saturated heterocycles. The van der Waals surface area contributed by atoms with Crippen molar-refractivity contribution in [3.8, 4) is 5.75 Å². The zero-order valence-electron chi connectivity index (χ0n) is 16.0. The zero-order valence-corrected chi connectivity index (χ0v) is 16.9. The monoisotopic (exact) mass is 390 g/mol. The van der Waals surface area contributed by atoms with E-state index in [-0.39, 0.29) is 23.3 Å². The molecule has 0 aliphatic rings. The van der Waals surface area contributed by atoms with Gasteiger partial charge in [-0.1, -0.05) is 30.3 Å². The van der Waals surface area contributed by atoms with Crippen LogP contribution >= 0.6 is 0 Å². The van der Waals surface area contributed by atoms with Gasteiger partial charge in [0, 0.05) is 19.5 Å². The van der Waals surface area contributed by atoms with Crippen molar-refractivity contribution in [2.75, 3.05) is 14.2 Å². The fourth-order valence-electron chi connectivity index (χ4n) is 2.77. The van der Waals surface area contributed by atoms with Gasteiger partial charge in [0.2, 0.25) is 15.9 Å². The number of carbonyl (C=O) groups is 1. The summed E-state index contributed by atoms with van der Waals surface area (Å²) in [5.74, 6) is 0.457. The van der Waals surface area contributed by atoms with Crippen molar-refractivity contribution < 1.29 is 17.9 Å². The van der Waals surface area contributed by atoms with E-state index < -0.39 is 16.1 Å². The Morgan fingerprint density at radius 3 is 2.19 bits per heavy atom. The van der Waals surface area contributed by atoms with Crippen LogP contribution in [0.15, 0.2) is 59.5 Å². The molecule has 146 valence electrons. The number of ether oxygens (including phenoxy) is 1. The van der Waals surface area contributed by atoms with Crippen LogP contribution in [0, 0.1) is 0 Å². The van der Waals surface area contributed by atoms with Gasteiger partial charge in [0.25, 0.3) is 0 Å². The molecule has 0 aliphatic heterocycles. The first-order valence-corrected chi connectivity index (χ1v) is 10.2. The molecule has 1 N–H and O–H groups in total. The van der Waals surface area contributed by atoms with E-state index in [4.69, 9.17) is 4.74 Å². The highest BCUT2D eigenvalue weighted by molar-refractivity contribution is 7.89. The Balaban J connectivity index is 2.39. The van der Waals surface area contributed by atoms with Gasteiger partial charge in [0.15, 0.2) is 0 Å². The van der Waals surface area contributed by atoms with Gasteiger partial charge in [-0.2, -0.15) is 4.31 Å². The fourth-order valence-corrected chi connectivity index (χ4v) is 4.13. The predicted octanol–water partition coefficient (Wildman–Crippen LogP) is 2.97. The molecule has 0 saturated carbocycles. The minimum Gasteiger partial charge on any atom is -0.497 e. The molecular weight excluding hydrogens is 364 g/mol. The second-order valence-electron chi connectivity index (χ2n) is 6.55. The molecule has 1 amide bonds. The molecule has 0 fully saturated rings. The van der Waals surface area contributed by atoms with Gasteiger partial charge in [0.05, 0.1) is 18.0 Å². The minimum absolute atomic E-state index is 0.0209. The van der Waals surface area contributed by atoms with E-state index in [9.17, 15) is 13.2 Å². The lowest BCUT2D eigenvalue weighted by atomic mass is 10.0. The average Bonchev–Trinajstić information content (AvgIpc) is 2.66. The summed E-state index contributed by atoms with van der Waals surface area (Å²) >= 11 is 0. The van der Waals surface area contributed by atoms with Crippen molar-refractivity contribution >= 4 is 15.9 Å². The highest BCUT2D eigenvalue weighted by Crippen LogP contribution is 2.30. The van der Waals surface area contributed by atoms with E-state index in [2.05, 4.69) is 5.32 Å². The lowest BCUT2D eigenvalue weighted by molar-refractivity contribution is -0.122. The Morgan fingerprint density at radius 1 is 1.07 bits per heavy atom. The molecule has 6 nitrogen and oxygen atoms in total. The van der Waals surface area contributed by atoms with Gasteiger partial charge < -0.3 is 10.1 Å². The second-order valence-corrected chi connectivity index (χ2v) is 8.55. The van der Waals surface area contributed by atoms with Crippen LogP contribution in [-0.2, 0) is 14.8 Å². The van der Waals surface area contributed by atoms with Gasteiger partial charge in [-0.3, -0.25) is 4.79 Å². The first-order chi connectivity index (χ1) is 12.8. The maximum atomic E-state index is 13.0. The third-order valence-electron chi connectivity index (χ3n) is 4.19. The number of hydrogen-bond acceptors (Lipinski definition) is 4. The number of nitrogens with one attached hydrogen (secondary N) is 1. The molecular formula is C20H26N2O4S. The third kappa shape index (κ3) is 5.30. The SMILES string of the molecule is COc1ccc([C@H](CC(=O)NC(C)C)N(C)S(=O)(=O)c2ccccc2)cc1. The largest absolute Gasteiger partial charge is 0.497 e. The van der Waals surface area contributed by atoms with Crippen LogP contribution in [0.25, 0.3) is 0 Å². The Labute approximate surface area is 161 Å². The lowest BCUT2D eigenvalue weighted by Crippen LogP contribution is -2.37. The number of nitrogens with zero attached hydrogens (tertiary/aromatic N) is 1. The number of sulfonamides is 1. The van der Waals surface area contributed by atoms with Crippen molar-refractivity contribution in [3.63, 3.8) is 0 Å². The van der Waals surface area contributed by atoms with E-state index in [0.717, 1.165) is 5.56 Å². The van der Waals surface area contributed by atoms with Crippen LogP contribution in [0.4, 0.5) is 0 Å². The van der Waals surface area contributed by atoms with Gasteiger partial charge in [-0.05, 0) is 43.7 Å². The molecule has 7 heteroatoms. The summed E-state index contributed by atoms with van der Waals surface area (Å²) in [5.41, 5.74) is 0.719. The van der Waals surface area contributed by atoms with E-state index in [1.807, 2.05) is 13.8 Å². The van der Waals surface area contributed by atoms with Crippen LogP contribution in [0.2, 0.25) is 0 Å². The quantitative estimate of drug-likeness (QED) is 0.752. The van der Waals surface area contributed by atoms with Gasteiger partial charge in [-0.25, -0.2) is 8.42 Å². The fraction of sp³-hybridized carbons (Fsp3) is 0.350. The van der Waals surface area contributed by atoms with Crippen LogP contribution in [0.5, 0.6) is 5.75 Å². The van der Waals surface area contributed by atoms with Gasteiger partial charge in [-0.15, -0.1) is 0 Å². The smallest absolute Gasteiger partial charge is 0.243 e. The predicted molar refractivity (Wildman–Crippen MR) is 105 cm³/mol. The molecule has 0 aliphatic carbocycles. The Morgan fingerprint density at radius 2 is 1.67 bits per heavy atom. The highest BCUT2D eigenvalue weighted by Gasteiger charge is 2.30. The Kier molecular flexibility index (Phi) is 6.98. The molecule has 2 aromatic carbocycles. The normalized spacial score (nSPS) is 12.8. The molecule has 0 bridgehead atoms.